The van der Waals surface area contributed by atoms with Gasteiger partial charge in [-0.1, -0.05) is 0 Å². The van der Waals surface area contributed by atoms with E-state index < -0.39 is 11.7 Å². The van der Waals surface area contributed by atoms with E-state index in [0.29, 0.717) is 6.42 Å². The first kappa shape index (κ1) is 7.63. The molecule has 0 heterocycles. The topological polar surface area (TPSA) is 0 Å². The maximum atomic E-state index is 11.8. The van der Waals surface area contributed by atoms with Crippen molar-refractivity contribution in [1.29, 1.82) is 0 Å². The van der Waals surface area contributed by atoms with Crippen molar-refractivity contribution in [3.63, 3.8) is 0 Å². The highest BCUT2D eigenvalue weighted by Gasteiger charge is 2.33. The van der Waals surface area contributed by atoms with Crippen LogP contribution in [0.1, 0.15) is 19.3 Å². The average Bonchev–Trinajstić information content (AvgIpc) is 1.88. The molecule has 0 fully saturated rings. The highest BCUT2D eigenvalue weighted by Crippen LogP contribution is 2.31. The zero-order valence-corrected chi connectivity index (χ0v) is 5.33. The molecule has 2 radical (unpaired) electrons. The molecule has 1 aliphatic rings. The van der Waals surface area contributed by atoms with E-state index in [0.717, 1.165) is 6.42 Å². The van der Waals surface area contributed by atoms with E-state index in [2.05, 4.69) is 6.08 Å². The first-order valence-corrected chi connectivity index (χ1v) is 3.09. The van der Waals surface area contributed by atoms with Crippen LogP contribution in [0.5, 0.6) is 0 Å². The molecule has 0 atom stereocenters. The lowest BCUT2D eigenvalue weighted by Crippen LogP contribution is -2.14. The van der Waals surface area contributed by atoms with Gasteiger partial charge in [-0.3, -0.25) is 0 Å². The Bertz CT molecular complexity index is 143. The SMILES string of the molecule is FC(F)(F)C1=[C]CC[CH]C1. The first-order valence-electron chi connectivity index (χ1n) is 3.09. The normalized spacial score (nSPS) is 20.5. The Hall–Kier alpha value is -0.470. The average molecular weight is 148 g/mol. The quantitative estimate of drug-likeness (QED) is 0.495. The van der Waals surface area contributed by atoms with Crippen molar-refractivity contribution in [1.82, 2.24) is 0 Å². The van der Waals surface area contributed by atoms with Gasteiger partial charge in [-0.2, -0.15) is 13.2 Å². The summed E-state index contributed by atoms with van der Waals surface area (Å²) < 4.78 is 35.5. The molecule has 0 bridgehead atoms. The van der Waals surface area contributed by atoms with Crippen LogP contribution in [0.25, 0.3) is 0 Å². The summed E-state index contributed by atoms with van der Waals surface area (Å²) in [5.41, 5.74) is -0.515. The van der Waals surface area contributed by atoms with E-state index in [1.54, 1.807) is 6.42 Å². The third kappa shape index (κ3) is 1.75. The van der Waals surface area contributed by atoms with Crippen LogP contribution in [0.3, 0.4) is 0 Å². The summed E-state index contributed by atoms with van der Waals surface area (Å²) in [5.74, 6) is 0. The van der Waals surface area contributed by atoms with Crippen molar-refractivity contribution in [3.8, 4) is 0 Å². The molecule has 0 aromatic rings. The van der Waals surface area contributed by atoms with E-state index in [1.807, 2.05) is 0 Å². The zero-order valence-electron chi connectivity index (χ0n) is 5.33. The maximum absolute atomic E-state index is 11.8. The van der Waals surface area contributed by atoms with Crippen LogP contribution in [0.4, 0.5) is 13.2 Å². The summed E-state index contributed by atoms with van der Waals surface area (Å²) in [4.78, 5) is 0. The fourth-order valence-electron chi connectivity index (χ4n) is 0.860. The molecule has 1 rings (SSSR count). The summed E-state index contributed by atoms with van der Waals surface area (Å²) in [6.07, 6.45) is 0.966. The van der Waals surface area contributed by atoms with Gasteiger partial charge >= 0.3 is 6.18 Å². The fraction of sp³-hybridized carbons (Fsp3) is 0.571. The smallest absolute Gasteiger partial charge is 0.166 e. The number of allylic oxidation sites excluding steroid dienone is 2. The lowest BCUT2D eigenvalue weighted by atomic mass is 9.99. The Morgan fingerprint density at radius 3 is 2.40 bits per heavy atom. The lowest BCUT2D eigenvalue weighted by molar-refractivity contribution is -0.0945. The Kier molecular flexibility index (Phi) is 2.02. The van der Waals surface area contributed by atoms with Gasteiger partial charge < -0.3 is 0 Å². The molecule has 0 aliphatic heterocycles. The van der Waals surface area contributed by atoms with E-state index in [4.69, 9.17) is 0 Å². The third-order valence-electron chi connectivity index (χ3n) is 1.38. The van der Waals surface area contributed by atoms with Crippen molar-refractivity contribution in [2.24, 2.45) is 0 Å². The second-order valence-corrected chi connectivity index (χ2v) is 2.18. The van der Waals surface area contributed by atoms with Crippen molar-refractivity contribution in [2.75, 3.05) is 0 Å². The Labute approximate surface area is 57.7 Å². The largest absolute Gasteiger partial charge is 0.412 e. The molecule has 0 saturated heterocycles. The summed E-state index contributed by atoms with van der Waals surface area (Å²) in [6, 6.07) is 0. The first-order chi connectivity index (χ1) is 4.61. The minimum absolute atomic E-state index is 0.0312. The van der Waals surface area contributed by atoms with Gasteiger partial charge in [-0.25, -0.2) is 0 Å². The molecule has 1 aliphatic carbocycles. The van der Waals surface area contributed by atoms with E-state index in [-0.39, 0.29) is 6.42 Å². The number of hydrogen-bond acceptors (Lipinski definition) is 0. The number of halogens is 3. The molecular weight excluding hydrogens is 141 g/mol. The van der Waals surface area contributed by atoms with Crippen LogP contribution in [0, 0.1) is 12.5 Å². The van der Waals surface area contributed by atoms with Crippen LogP contribution in [-0.2, 0) is 0 Å². The van der Waals surface area contributed by atoms with E-state index in [1.165, 1.54) is 0 Å². The zero-order chi connectivity index (χ0) is 7.61. The second-order valence-electron chi connectivity index (χ2n) is 2.18. The number of hydrogen-bond donors (Lipinski definition) is 0. The molecule has 56 valence electrons. The molecule has 0 aromatic carbocycles. The number of alkyl halides is 3. The second kappa shape index (κ2) is 2.64. The van der Waals surface area contributed by atoms with Gasteiger partial charge in [-0.05, 0) is 31.8 Å². The van der Waals surface area contributed by atoms with Gasteiger partial charge in [-0.15, -0.1) is 0 Å². The Balaban J connectivity index is 2.62. The molecule has 0 unspecified atom stereocenters. The predicted molar refractivity (Wildman–Crippen MR) is 31.0 cm³/mol. The molecular formula is C7H7F3. The van der Waals surface area contributed by atoms with Crippen molar-refractivity contribution in [3.05, 3.63) is 18.1 Å². The monoisotopic (exact) mass is 148 g/mol. The van der Waals surface area contributed by atoms with Crippen molar-refractivity contribution < 1.29 is 13.2 Å². The van der Waals surface area contributed by atoms with Crippen LogP contribution < -0.4 is 0 Å². The van der Waals surface area contributed by atoms with Gasteiger partial charge in [0.1, 0.15) is 0 Å². The van der Waals surface area contributed by atoms with Crippen LogP contribution in [0.2, 0.25) is 0 Å². The van der Waals surface area contributed by atoms with Crippen molar-refractivity contribution in [2.45, 2.75) is 25.4 Å². The van der Waals surface area contributed by atoms with Crippen LogP contribution >= 0.6 is 0 Å². The van der Waals surface area contributed by atoms with Gasteiger partial charge in [0, 0.05) is 5.57 Å². The molecule has 0 N–H and O–H groups in total. The Morgan fingerprint density at radius 1 is 1.40 bits per heavy atom. The van der Waals surface area contributed by atoms with Crippen LogP contribution in [0.15, 0.2) is 5.57 Å². The summed E-state index contributed by atoms with van der Waals surface area (Å²) in [5, 5.41) is 0. The van der Waals surface area contributed by atoms with E-state index >= 15 is 0 Å². The summed E-state index contributed by atoms with van der Waals surface area (Å²) in [7, 11) is 0. The molecule has 0 saturated carbocycles. The lowest BCUT2D eigenvalue weighted by Gasteiger charge is -2.14. The molecule has 10 heavy (non-hydrogen) atoms. The number of rotatable bonds is 0. The van der Waals surface area contributed by atoms with E-state index in [9.17, 15) is 13.2 Å². The molecule has 3 heteroatoms. The van der Waals surface area contributed by atoms with Crippen LogP contribution in [-0.4, -0.2) is 6.18 Å². The molecule has 0 aromatic heterocycles. The minimum Gasteiger partial charge on any atom is -0.166 e. The summed E-state index contributed by atoms with van der Waals surface area (Å²) in [6.45, 7) is 0. The highest BCUT2D eigenvalue weighted by molar-refractivity contribution is 5.10. The molecule has 0 spiro atoms. The molecule has 0 nitrogen and oxygen atoms in total. The minimum atomic E-state index is -4.16. The van der Waals surface area contributed by atoms with Gasteiger partial charge in [0.2, 0.25) is 0 Å². The van der Waals surface area contributed by atoms with Gasteiger partial charge in [0.25, 0.3) is 0 Å². The van der Waals surface area contributed by atoms with Gasteiger partial charge in [0.15, 0.2) is 0 Å². The standard InChI is InChI=1S/C7H7F3/c8-7(9,10)6-4-2-1-3-5-6/h2H,1,3-4H2. The summed E-state index contributed by atoms with van der Waals surface area (Å²) >= 11 is 0. The third-order valence-corrected chi connectivity index (χ3v) is 1.38. The van der Waals surface area contributed by atoms with Crippen molar-refractivity contribution >= 4 is 0 Å². The Morgan fingerprint density at radius 2 is 2.10 bits per heavy atom. The maximum Gasteiger partial charge on any atom is 0.412 e. The highest BCUT2D eigenvalue weighted by atomic mass is 19.4. The predicted octanol–water partition coefficient (Wildman–Crippen LogP) is 2.67. The molecule has 0 amide bonds. The fourth-order valence-corrected chi connectivity index (χ4v) is 0.860. The van der Waals surface area contributed by atoms with Gasteiger partial charge in [0.05, 0.1) is 0 Å².